The van der Waals surface area contributed by atoms with Gasteiger partial charge in [0, 0.05) is 12.6 Å². The van der Waals surface area contributed by atoms with Gasteiger partial charge >= 0.3 is 0 Å². The van der Waals surface area contributed by atoms with E-state index in [2.05, 4.69) is 36.5 Å². The van der Waals surface area contributed by atoms with Crippen molar-refractivity contribution in [2.75, 3.05) is 0 Å². The van der Waals surface area contributed by atoms with E-state index in [9.17, 15) is 4.79 Å². The minimum absolute atomic E-state index is 0.146. The average Bonchev–Trinajstić information content (AvgIpc) is 2.19. The van der Waals surface area contributed by atoms with Crippen LogP contribution in [0.1, 0.15) is 23.6 Å². The zero-order chi connectivity index (χ0) is 9.97. The molecule has 0 spiro atoms. The summed E-state index contributed by atoms with van der Waals surface area (Å²) in [5.41, 5.74) is 2.42. The van der Waals surface area contributed by atoms with Crippen molar-refractivity contribution in [1.29, 1.82) is 0 Å². The maximum atomic E-state index is 11.2. The van der Waals surface area contributed by atoms with Gasteiger partial charge in [0.1, 0.15) is 0 Å². The van der Waals surface area contributed by atoms with Crippen LogP contribution in [0.4, 0.5) is 0 Å². The highest BCUT2D eigenvalue weighted by atomic mass is 16.1. The van der Waals surface area contributed by atoms with Crippen LogP contribution in [0.15, 0.2) is 36.5 Å². The molecule has 1 aliphatic heterocycles. The number of aryl methyl sites for hydroxylation is 1. The molecule has 1 aromatic rings. The van der Waals surface area contributed by atoms with E-state index in [1.807, 2.05) is 0 Å². The summed E-state index contributed by atoms with van der Waals surface area (Å²) in [7, 11) is 0. The van der Waals surface area contributed by atoms with Crippen molar-refractivity contribution in [1.82, 2.24) is 5.32 Å². The fourth-order valence-electron chi connectivity index (χ4n) is 1.60. The number of carbonyl (C=O) groups is 1. The summed E-state index contributed by atoms with van der Waals surface area (Å²) in [5, 5.41) is 3.18. The molecular formula is C12H13NO. The lowest BCUT2D eigenvalue weighted by Gasteiger charge is -2.19. The lowest BCUT2D eigenvalue weighted by atomic mass is 9.98. The summed E-state index contributed by atoms with van der Waals surface area (Å²) in [4.78, 5) is 11.2. The molecule has 0 fully saturated rings. The molecule has 0 radical (unpaired) electrons. The molecule has 0 saturated carbocycles. The van der Waals surface area contributed by atoms with Gasteiger partial charge in [0.2, 0.25) is 0 Å². The highest BCUT2D eigenvalue weighted by Crippen LogP contribution is 2.20. The Balaban J connectivity index is 2.19. The molecule has 0 aromatic heterocycles. The monoisotopic (exact) mass is 187 g/mol. The van der Waals surface area contributed by atoms with Gasteiger partial charge in [-0.05, 0) is 18.6 Å². The largest absolute Gasteiger partial charge is 0.384 e. The van der Waals surface area contributed by atoms with Crippen LogP contribution in [0.3, 0.4) is 0 Å². The van der Waals surface area contributed by atoms with E-state index in [-0.39, 0.29) is 11.8 Å². The van der Waals surface area contributed by atoms with E-state index >= 15 is 0 Å². The number of rotatable bonds is 1. The zero-order valence-electron chi connectivity index (χ0n) is 8.16. The molecule has 1 aliphatic rings. The molecule has 72 valence electrons. The lowest BCUT2D eigenvalue weighted by Crippen LogP contribution is -2.22. The Bertz CT molecular complexity index is 364. The number of allylic oxidation sites excluding steroid dienone is 1. The van der Waals surface area contributed by atoms with Gasteiger partial charge in [-0.1, -0.05) is 29.8 Å². The van der Waals surface area contributed by atoms with Crippen LogP contribution >= 0.6 is 0 Å². The van der Waals surface area contributed by atoms with Crippen molar-refractivity contribution < 1.29 is 4.79 Å². The average molecular weight is 187 g/mol. The van der Waals surface area contributed by atoms with Crippen molar-refractivity contribution >= 4 is 5.78 Å². The molecule has 0 saturated heterocycles. The fourth-order valence-corrected chi connectivity index (χ4v) is 1.60. The molecule has 1 N–H and O–H groups in total. The molecule has 0 aliphatic carbocycles. The van der Waals surface area contributed by atoms with Gasteiger partial charge < -0.3 is 5.32 Å². The predicted octanol–water partition coefficient (Wildman–Crippen LogP) is 2.11. The Hall–Kier alpha value is -1.57. The third-order valence-electron chi connectivity index (χ3n) is 2.45. The van der Waals surface area contributed by atoms with Gasteiger partial charge in [-0.2, -0.15) is 0 Å². The van der Waals surface area contributed by atoms with Gasteiger partial charge in [0.05, 0.1) is 6.04 Å². The van der Waals surface area contributed by atoms with E-state index in [1.54, 1.807) is 12.3 Å². The predicted molar refractivity (Wildman–Crippen MR) is 55.8 cm³/mol. The number of hydrogen-bond acceptors (Lipinski definition) is 2. The molecule has 2 heteroatoms. The Kier molecular flexibility index (Phi) is 2.35. The lowest BCUT2D eigenvalue weighted by molar-refractivity contribution is -0.115. The van der Waals surface area contributed by atoms with E-state index in [0.29, 0.717) is 6.42 Å². The summed E-state index contributed by atoms with van der Waals surface area (Å²) < 4.78 is 0. The second-order valence-corrected chi connectivity index (χ2v) is 3.63. The molecule has 0 amide bonds. The number of hydrogen-bond donors (Lipinski definition) is 1. The Morgan fingerprint density at radius 3 is 2.64 bits per heavy atom. The van der Waals surface area contributed by atoms with Crippen LogP contribution in [0.5, 0.6) is 0 Å². The first kappa shape index (κ1) is 9.00. The van der Waals surface area contributed by atoms with Crippen LogP contribution in [-0.2, 0) is 4.79 Å². The Morgan fingerprint density at radius 2 is 2.00 bits per heavy atom. The van der Waals surface area contributed by atoms with Crippen molar-refractivity contribution in [2.24, 2.45) is 0 Å². The van der Waals surface area contributed by atoms with Crippen molar-refractivity contribution in [3.63, 3.8) is 0 Å². The molecule has 2 rings (SSSR count). The quantitative estimate of drug-likeness (QED) is 0.729. The Labute approximate surface area is 83.6 Å². The SMILES string of the molecule is Cc1ccc([C@@H]2CC(=O)C=CN2)cc1. The highest BCUT2D eigenvalue weighted by Gasteiger charge is 2.15. The molecular weight excluding hydrogens is 174 g/mol. The molecule has 1 aromatic carbocycles. The maximum Gasteiger partial charge on any atom is 0.159 e. The van der Waals surface area contributed by atoms with Gasteiger partial charge in [-0.25, -0.2) is 0 Å². The minimum Gasteiger partial charge on any atom is -0.384 e. The van der Waals surface area contributed by atoms with Gasteiger partial charge in [-0.15, -0.1) is 0 Å². The number of carbonyl (C=O) groups excluding carboxylic acids is 1. The van der Waals surface area contributed by atoms with Crippen LogP contribution in [-0.4, -0.2) is 5.78 Å². The van der Waals surface area contributed by atoms with Crippen LogP contribution in [0, 0.1) is 6.92 Å². The standard InChI is InChI=1S/C12H13NO/c1-9-2-4-10(5-3-9)12-8-11(14)6-7-13-12/h2-7,12-13H,8H2,1H3/t12-/m0/s1. The molecule has 1 atom stereocenters. The summed E-state index contributed by atoms with van der Waals surface area (Å²) in [5.74, 6) is 0.189. The molecule has 0 bridgehead atoms. The summed E-state index contributed by atoms with van der Waals surface area (Å²) >= 11 is 0. The first-order valence-electron chi connectivity index (χ1n) is 4.78. The van der Waals surface area contributed by atoms with Gasteiger partial charge in [-0.3, -0.25) is 4.79 Å². The minimum atomic E-state index is 0.146. The van der Waals surface area contributed by atoms with E-state index in [1.165, 1.54) is 11.1 Å². The topological polar surface area (TPSA) is 29.1 Å². The maximum absolute atomic E-state index is 11.2. The van der Waals surface area contributed by atoms with E-state index < -0.39 is 0 Å². The fraction of sp³-hybridized carbons (Fsp3) is 0.250. The smallest absolute Gasteiger partial charge is 0.159 e. The van der Waals surface area contributed by atoms with Crippen LogP contribution in [0.25, 0.3) is 0 Å². The third-order valence-corrected chi connectivity index (χ3v) is 2.45. The van der Waals surface area contributed by atoms with Crippen molar-refractivity contribution in [3.8, 4) is 0 Å². The molecule has 0 unspecified atom stereocenters. The first-order chi connectivity index (χ1) is 6.75. The second-order valence-electron chi connectivity index (χ2n) is 3.63. The molecule has 1 heterocycles. The second kappa shape index (κ2) is 3.66. The molecule has 2 nitrogen and oxygen atoms in total. The first-order valence-corrected chi connectivity index (χ1v) is 4.78. The number of benzene rings is 1. The Morgan fingerprint density at radius 1 is 1.29 bits per heavy atom. The number of nitrogens with one attached hydrogen (secondary N) is 1. The van der Waals surface area contributed by atoms with Gasteiger partial charge in [0.15, 0.2) is 5.78 Å². The highest BCUT2D eigenvalue weighted by molar-refractivity contribution is 5.90. The summed E-state index contributed by atoms with van der Waals surface area (Å²) in [6.45, 7) is 2.06. The summed E-state index contributed by atoms with van der Waals surface area (Å²) in [6, 6.07) is 8.42. The third kappa shape index (κ3) is 1.84. The normalized spacial score (nSPS) is 20.6. The van der Waals surface area contributed by atoms with Crippen LogP contribution in [0.2, 0.25) is 0 Å². The van der Waals surface area contributed by atoms with Gasteiger partial charge in [0.25, 0.3) is 0 Å². The molecule has 14 heavy (non-hydrogen) atoms. The van der Waals surface area contributed by atoms with Crippen molar-refractivity contribution in [3.05, 3.63) is 47.7 Å². The van der Waals surface area contributed by atoms with Crippen LogP contribution < -0.4 is 5.32 Å². The number of ketones is 1. The zero-order valence-corrected chi connectivity index (χ0v) is 8.16. The van der Waals surface area contributed by atoms with E-state index in [0.717, 1.165) is 0 Å². The summed E-state index contributed by atoms with van der Waals surface area (Å²) in [6.07, 6.45) is 3.88. The van der Waals surface area contributed by atoms with Crippen molar-refractivity contribution in [2.45, 2.75) is 19.4 Å². The van der Waals surface area contributed by atoms with E-state index in [4.69, 9.17) is 0 Å².